The quantitative estimate of drug-likeness (QED) is 0.560. The van der Waals surface area contributed by atoms with Crippen LogP contribution in [0.15, 0.2) is 65.6 Å². The molecule has 4 rings (SSSR count). The summed E-state index contributed by atoms with van der Waals surface area (Å²) in [5.41, 5.74) is 6.25. The maximum atomic E-state index is 12.4. The van der Waals surface area contributed by atoms with Crippen LogP contribution in [0.25, 0.3) is 11.1 Å². The van der Waals surface area contributed by atoms with Crippen LogP contribution in [-0.4, -0.2) is 20.6 Å². The van der Waals surface area contributed by atoms with Gasteiger partial charge in [0.15, 0.2) is 9.84 Å². The number of hydrogen-bond donors (Lipinski definition) is 0. The summed E-state index contributed by atoms with van der Waals surface area (Å²) in [4.78, 5) is 14.5. The predicted molar refractivity (Wildman–Crippen MR) is 121 cm³/mol. The van der Waals surface area contributed by atoms with Crippen LogP contribution < -0.4 is 4.90 Å². The Balaban J connectivity index is 1.72. The first kappa shape index (κ1) is 20.6. The highest BCUT2D eigenvalue weighted by molar-refractivity contribution is 7.90. The van der Waals surface area contributed by atoms with E-state index in [1.54, 1.807) is 24.0 Å². The topological polar surface area (TPSA) is 54.5 Å². The Kier molecular flexibility index (Phi) is 5.43. The molecule has 3 aromatic rings. The second kappa shape index (κ2) is 7.89. The molecule has 0 unspecified atom stereocenters. The third-order valence-corrected chi connectivity index (χ3v) is 6.89. The Hall–Kier alpha value is -2.63. The average Bonchev–Trinajstić information content (AvgIpc) is 2.69. The number of halogens is 1. The van der Waals surface area contributed by atoms with Crippen molar-refractivity contribution in [2.45, 2.75) is 31.2 Å². The molecule has 0 aliphatic carbocycles. The summed E-state index contributed by atoms with van der Waals surface area (Å²) in [6.07, 6.45) is 2.82. The number of benzene rings is 3. The molecule has 30 heavy (non-hydrogen) atoms. The van der Waals surface area contributed by atoms with Gasteiger partial charge in [0.25, 0.3) is 0 Å². The highest BCUT2D eigenvalue weighted by Crippen LogP contribution is 2.32. The van der Waals surface area contributed by atoms with Crippen molar-refractivity contribution in [1.29, 1.82) is 0 Å². The van der Waals surface area contributed by atoms with Gasteiger partial charge in [0.1, 0.15) is 0 Å². The molecule has 0 spiro atoms. The first-order valence-corrected chi connectivity index (χ1v) is 12.0. The highest BCUT2D eigenvalue weighted by atomic mass is 35.5. The lowest BCUT2D eigenvalue weighted by Gasteiger charge is -2.28. The van der Waals surface area contributed by atoms with Crippen LogP contribution in [-0.2, 0) is 34.0 Å². The molecule has 1 amide bonds. The summed E-state index contributed by atoms with van der Waals surface area (Å²) in [5.74, 6) is -0.00753. The summed E-state index contributed by atoms with van der Waals surface area (Å²) < 4.78 is 23.4. The summed E-state index contributed by atoms with van der Waals surface area (Å²) in [5, 5.41) is 0.665. The molecule has 0 atom stereocenters. The monoisotopic (exact) mass is 439 g/mol. The van der Waals surface area contributed by atoms with Crippen LogP contribution >= 0.6 is 11.6 Å². The van der Waals surface area contributed by atoms with Gasteiger partial charge in [-0.05, 0) is 71.0 Å². The molecule has 0 aromatic heterocycles. The largest absolute Gasteiger partial charge is 0.308 e. The normalized spacial score (nSPS) is 13.8. The molecular formula is C24H22ClNO3S. The Morgan fingerprint density at radius 3 is 2.20 bits per heavy atom. The molecule has 0 radical (unpaired) electrons. The zero-order chi connectivity index (χ0) is 21.5. The van der Waals surface area contributed by atoms with Crippen LogP contribution in [0.3, 0.4) is 0 Å². The average molecular weight is 440 g/mol. The van der Waals surface area contributed by atoms with E-state index in [1.165, 1.54) is 11.8 Å². The first-order chi connectivity index (χ1) is 14.2. The molecule has 0 N–H and O–H groups in total. The first-order valence-electron chi connectivity index (χ1n) is 9.71. The molecule has 1 heterocycles. The van der Waals surface area contributed by atoms with Crippen molar-refractivity contribution in [3.05, 3.63) is 82.4 Å². The molecule has 154 valence electrons. The predicted octanol–water partition coefficient (Wildman–Crippen LogP) is 5.06. The van der Waals surface area contributed by atoms with Gasteiger partial charge in [-0.15, -0.1) is 0 Å². The van der Waals surface area contributed by atoms with Gasteiger partial charge in [-0.3, -0.25) is 4.79 Å². The minimum absolute atomic E-state index is 0.00753. The van der Waals surface area contributed by atoms with Crippen molar-refractivity contribution >= 4 is 33.0 Å². The third-order valence-electron chi connectivity index (χ3n) is 5.53. The zero-order valence-corrected chi connectivity index (χ0v) is 18.4. The van der Waals surface area contributed by atoms with Crippen LogP contribution in [0.2, 0.25) is 5.02 Å². The lowest BCUT2D eigenvalue weighted by molar-refractivity contribution is -0.116. The molecule has 1 aliphatic heterocycles. The number of aryl methyl sites for hydroxylation is 2. The minimum Gasteiger partial charge on any atom is -0.308 e. The number of nitrogens with zero attached hydrogens (tertiary/aromatic N) is 1. The van der Waals surface area contributed by atoms with E-state index < -0.39 is 9.84 Å². The Labute approximate surface area is 182 Å². The molecular weight excluding hydrogens is 418 g/mol. The van der Waals surface area contributed by atoms with Gasteiger partial charge in [0.2, 0.25) is 5.91 Å². The van der Waals surface area contributed by atoms with E-state index in [1.807, 2.05) is 36.4 Å². The van der Waals surface area contributed by atoms with Crippen molar-refractivity contribution in [3.8, 4) is 11.1 Å². The second-order valence-electron chi connectivity index (χ2n) is 7.66. The van der Waals surface area contributed by atoms with E-state index >= 15 is 0 Å². The summed E-state index contributed by atoms with van der Waals surface area (Å²) in [6.45, 7) is 2.09. The summed E-state index contributed by atoms with van der Waals surface area (Å²) in [6, 6.07) is 18.8. The van der Waals surface area contributed by atoms with Crippen LogP contribution in [0, 0.1) is 0 Å². The van der Waals surface area contributed by atoms with Gasteiger partial charge in [0.05, 0.1) is 11.4 Å². The molecule has 3 aromatic carbocycles. The lowest BCUT2D eigenvalue weighted by atomic mass is 9.92. The number of carbonyl (C=O) groups excluding carboxylic acids is 1. The molecule has 6 heteroatoms. The maximum Gasteiger partial charge on any atom is 0.224 e. The zero-order valence-electron chi connectivity index (χ0n) is 16.9. The van der Waals surface area contributed by atoms with E-state index in [2.05, 4.69) is 12.1 Å². The number of hydrogen-bond acceptors (Lipinski definition) is 3. The van der Waals surface area contributed by atoms with Crippen LogP contribution in [0.1, 0.15) is 23.6 Å². The Morgan fingerprint density at radius 1 is 0.867 bits per heavy atom. The van der Waals surface area contributed by atoms with Crippen molar-refractivity contribution in [2.24, 2.45) is 0 Å². The van der Waals surface area contributed by atoms with Crippen molar-refractivity contribution < 1.29 is 13.2 Å². The van der Waals surface area contributed by atoms with Crippen molar-refractivity contribution in [3.63, 3.8) is 0 Å². The van der Waals surface area contributed by atoms with Gasteiger partial charge in [-0.2, -0.15) is 0 Å². The molecule has 1 aliphatic rings. The molecule has 0 saturated carbocycles. The number of rotatable bonds is 2. The minimum atomic E-state index is -3.22. The smallest absolute Gasteiger partial charge is 0.224 e. The van der Waals surface area contributed by atoms with E-state index in [0.29, 0.717) is 16.5 Å². The van der Waals surface area contributed by atoms with Gasteiger partial charge in [-0.1, -0.05) is 41.9 Å². The number of anilines is 1. The third kappa shape index (κ3) is 4.13. The fourth-order valence-electron chi connectivity index (χ4n) is 3.91. The fraction of sp³-hybridized carbons (Fsp3) is 0.208. The van der Waals surface area contributed by atoms with E-state index in [-0.39, 0.29) is 5.91 Å². The standard InChI is InChI=1S/C24H22ClNO3S/c1-16(27)26-15-21-6-4-18(17-7-10-23(11-8-17)30(2,28)29)13-19(21)3-5-20-14-22(25)9-12-24(20)26/h4,6-14H,3,5,15H2,1-2H3. The number of fused-ring (bicyclic) bond motifs is 2. The van der Waals surface area contributed by atoms with E-state index in [0.717, 1.165) is 40.8 Å². The molecule has 0 saturated heterocycles. The van der Waals surface area contributed by atoms with E-state index in [9.17, 15) is 13.2 Å². The van der Waals surface area contributed by atoms with Crippen molar-refractivity contribution in [2.75, 3.05) is 11.2 Å². The summed E-state index contributed by atoms with van der Waals surface area (Å²) in [7, 11) is -3.22. The SMILES string of the molecule is CC(=O)N1Cc2ccc(-c3ccc(S(C)(=O)=O)cc3)cc2CCc2cc(Cl)ccc21. The van der Waals surface area contributed by atoms with Gasteiger partial charge in [0, 0.05) is 23.9 Å². The number of carbonyl (C=O) groups is 1. The second-order valence-corrected chi connectivity index (χ2v) is 10.1. The Morgan fingerprint density at radius 2 is 1.53 bits per heavy atom. The van der Waals surface area contributed by atoms with E-state index in [4.69, 9.17) is 11.6 Å². The fourth-order valence-corrected chi connectivity index (χ4v) is 4.74. The molecule has 4 nitrogen and oxygen atoms in total. The lowest BCUT2D eigenvalue weighted by Crippen LogP contribution is -2.30. The molecule has 0 fully saturated rings. The van der Waals surface area contributed by atoms with Crippen molar-refractivity contribution in [1.82, 2.24) is 0 Å². The number of amides is 1. The van der Waals surface area contributed by atoms with Crippen LogP contribution in [0.5, 0.6) is 0 Å². The maximum absolute atomic E-state index is 12.4. The molecule has 0 bridgehead atoms. The van der Waals surface area contributed by atoms with Gasteiger partial charge in [-0.25, -0.2) is 8.42 Å². The van der Waals surface area contributed by atoms with Gasteiger partial charge < -0.3 is 4.90 Å². The van der Waals surface area contributed by atoms with Gasteiger partial charge >= 0.3 is 0 Å². The Bertz CT molecular complexity index is 1230. The summed E-state index contributed by atoms with van der Waals surface area (Å²) >= 11 is 6.20. The number of sulfone groups is 1. The van der Waals surface area contributed by atoms with Crippen LogP contribution in [0.4, 0.5) is 5.69 Å². The highest BCUT2D eigenvalue weighted by Gasteiger charge is 2.21.